The number of rotatable bonds is 7. The Hall–Kier alpha value is -1.31. The van der Waals surface area contributed by atoms with Crippen molar-refractivity contribution in [3.63, 3.8) is 0 Å². The molecule has 0 spiro atoms. The van der Waals surface area contributed by atoms with Gasteiger partial charge >= 0.3 is 0 Å². The summed E-state index contributed by atoms with van der Waals surface area (Å²) in [5, 5.41) is 6.71. The number of para-hydroxylation sites is 2. The quantitative estimate of drug-likeness (QED) is 0.297. The zero-order valence-electron chi connectivity index (χ0n) is 15.2. The Morgan fingerprint density at radius 1 is 1.21 bits per heavy atom. The second kappa shape index (κ2) is 10.5. The van der Waals surface area contributed by atoms with Crippen molar-refractivity contribution < 1.29 is 0 Å². The highest BCUT2D eigenvalue weighted by atomic mass is 127. The molecule has 2 aromatic rings. The van der Waals surface area contributed by atoms with E-state index in [0.717, 1.165) is 35.3 Å². The number of imidazole rings is 1. The van der Waals surface area contributed by atoms with E-state index in [9.17, 15) is 0 Å². The minimum atomic E-state index is 0. The Morgan fingerprint density at radius 2 is 1.96 bits per heavy atom. The summed E-state index contributed by atoms with van der Waals surface area (Å²) >= 11 is 0. The van der Waals surface area contributed by atoms with Gasteiger partial charge < -0.3 is 15.2 Å². The monoisotopic (exact) mass is 443 g/mol. The fourth-order valence-electron chi connectivity index (χ4n) is 2.62. The van der Waals surface area contributed by atoms with Crippen LogP contribution >= 0.6 is 24.0 Å². The predicted molar refractivity (Wildman–Crippen MR) is 113 cm³/mol. The molecular weight excluding hydrogens is 413 g/mol. The third kappa shape index (κ3) is 5.96. The first kappa shape index (κ1) is 20.7. The molecule has 0 unspecified atom stereocenters. The average molecular weight is 443 g/mol. The van der Waals surface area contributed by atoms with Crippen molar-refractivity contribution in [3.8, 4) is 0 Å². The van der Waals surface area contributed by atoms with Crippen LogP contribution in [0.4, 0.5) is 0 Å². The third-order valence-corrected chi connectivity index (χ3v) is 4.02. The SMILES string of the molecule is CN=C(NCCCCC(C)C)NCc1nc2ccccc2n1C.I. The number of fused-ring (bicyclic) bond motifs is 1. The number of guanidine groups is 1. The summed E-state index contributed by atoms with van der Waals surface area (Å²) in [7, 11) is 3.85. The van der Waals surface area contributed by atoms with Gasteiger partial charge in [0, 0.05) is 20.6 Å². The molecule has 0 amide bonds. The van der Waals surface area contributed by atoms with Gasteiger partial charge in [-0.25, -0.2) is 4.98 Å². The maximum absolute atomic E-state index is 4.67. The number of aliphatic imine (C=N–C) groups is 1. The van der Waals surface area contributed by atoms with E-state index in [4.69, 9.17) is 0 Å². The first-order chi connectivity index (χ1) is 11.1. The minimum absolute atomic E-state index is 0. The van der Waals surface area contributed by atoms with Crippen LogP contribution in [0.1, 0.15) is 38.9 Å². The highest BCUT2D eigenvalue weighted by Gasteiger charge is 2.07. The smallest absolute Gasteiger partial charge is 0.191 e. The van der Waals surface area contributed by atoms with Crippen LogP contribution in [-0.2, 0) is 13.6 Å². The molecule has 0 aliphatic rings. The predicted octanol–water partition coefficient (Wildman–Crippen LogP) is 3.68. The Labute approximate surface area is 162 Å². The normalized spacial score (nSPS) is 11.6. The fraction of sp³-hybridized carbons (Fsp3) is 0.556. The molecule has 0 radical (unpaired) electrons. The highest BCUT2D eigenvalue weighted by Crippen LogP contribution is 2.13. The van der Waals surface area contributed by atoms with Gasteiger partial charge in [0.1, 0.15) is 5.82 Å². The van der Waals surface area contributed by atoms with Gasteiger partial charge in [-0.05, 0) is 24.5 Å². The van der Waals surface area contributed by atoms with E-state index >= 15 is 0 Å². The van der Waals surface area contributed by atoms with Gasteiger partial charge in [-0.15, -0.1) is 24.0 Å². The molecule has 0 aliphatic heterocycles. The van der Waals surface area contributed by atoms with Gasteiger partial charge in [0.25, 0.3) is 0 Å². The zero-order chi connectivity index (χ0) is 16.7. The third-order valence-electron chi connectivity index (χ3n) is 4.02. The number of aryl methyl sites for hydroxylation is 1. The van der Waals surface area contributed by atoms with Crippen molar-refractivity contribution in [3.05, 3.63) is 30.1 Å². The summed E-state index contributed by atoms with van der Waals surface area (Å²) in [4.78, 5) is 8.94. The molecular formula is C18H30IN5. The summed E-state index contributed by atoms with van der Waals surface area (Å²) in [6.07, 6.45) is 3.71. The average Bonchev–Trinajstić information content (AvgIpc) is 2.86. The molecule has 24 heavy (non-hydrogen) atoms. The molecule has 0 fully saturated rings. The van der Waals surface area contributed by atoms with Crippen LogP contribution in [0.5, 0.6) is 0 Å². The first-order valence-corrected chi connectivity index (χ1v) is 8.46. The number of halogens is 1. The number of benzene rings is 1. The van der Waals surface area contributed by atoms with Crippen molar-refractivity contribution in [1.82, 2.24) is 20.2 Å². The Morgan fingerprint density at radius 3 is 2.62 bits per heavy atom. The minimum Gasteiger partial charge on any atom is -0.356 e. The highest BCUT2D eigenvalue weighted by molar-refractivity contribution is 14.0. The molecule has 0 saturated carbocycles. The second-order valence-corrected chi connectivity index (χ2v) is 6.32. The summed E-state index contributed by atoms with van der Waals surface area (Å²) in [6, 6.07) is 8.19. The Kier molecular flexibility index (Phi) is 9.10. The topological polar surface area (TPSA) is 54.2 Å². The molecule has 0 atom stereocenters. The van der Waals surface area contributed by atoms with Gasteiger partial charge in [-0.1, -0.05) is 38.8 Å². The fourth-order valence-corrected chi connectivity index (χ4v) is 2.62. The van der Waals surface area contributed by atoms with Gasteiger partial charge in [0.2, 0.25) is 0 Å². The summed E-state index contributed by atoms with van der Waals surface area (Å²) in [5.74, 6) is 2.63. The lowest BCUT2D eigenvalue weighted by Gasteiger charge is -2.12. The standard InChI is InChI=1S/C18H29N5.HI/c1-14(2)9-7-8-12-20-18(19-3)21-13-17-22-15-10-5-6-11-16(15)23(17)4;/h5-6,10-11,14H,7-9,12-13H2,1-4H3,(H2,19,20,21);1H. The molecule has 2 N–H and O–H groups in total. The van der Waals surface area contributed by atoms with E-state index in [2.05, 4.69) is 52.1 Å². The molecule has 6 heteroatoms. The van der Waals surface area contributed by atoms with Gasteiger partial charge in [0.15, 0.2) is 5.96 Å². The number of nitrogens with one attached hydrogen (secondary N) is 2. The molecule has 2 rings (SSSR count). The van der Waals surface area contributed by atoms with Gasteiger partial charge in [0.05, 0.1) is 17.6 Å². The molecule has 0 saturated heterocycles. The first-order valence-electron chi connectivity index (χ1n) is 8.46. The number of hydrogen-bond donors (Lipinski definition) is 2. The van der Waals surface area contributed by atoms with E-state index in [1.165, 1.54) is 19.3 Å². The van der Waals surface area contributed by atoms with Crippen LogP contribution in [-0.4, -0.2) is 29.1 Å². The molecule has 0 aliphatic carbocycles. The number of nitrogens with zero attached hydrogens (tertiary/aromatic N) is 3. The number of unbranched alkanes of at least 4 members (excludes halogenated alkanes) is 1. The summed E-state index contributed by atoms with van der Waals surface area (Å²) < 4.78 is 2.12. The van der Waals surface area contributed by atoms with E-state index in [1.807, 2.05) is 18.2 Å². The summed E-state index contributed by atoms with van der Waals surface area (Å²) in [6.45, 7) is 6.15. The molecule has 1 heterocycles. The van der Waals surface area contributed by atoms with Crippen molar-refractivity contribution in [1.29, 1.82) is 0 Å². The van der Waals surface area contributed by atoms with E-state index in [1.54, 1.807) is 7.05 Å². The molecule has 134 valence electrons. The largest absolute Gasteiger partial charge is 0.356 e. The second-order valence-electron chi connectivity index (χ2n) is 6.32. The molecule has 0 bridgehead atoms. The lowest BCUT2D eigenvalue weighted by atomic mass is 10.1. The molecule has 5 nitrogen and oxygen atoms in total. The van der Waals surface area contributed by atoms with Crippen molar-refractivity contribution >= 4 is 41.0 Å². The maximum Gasteiger partial charge on any atom is 0.191 e. The molecule has 1 aromatic carbocycles. The van der Waals surface area contributed by atoms with Crippen molar-refractivity contribution in [2.75, 3.05) is 13.6 Å². The van der Waals surface area contributed by atoms with Gasteiger partial charge in [-0.3, -0.25) is 4.99 Å². The van der Waals surface area contributed by atoms with E-state index in [-0.39, 0.29) is 24.0 Å². The van der Waals surface area contributed by atoms with Crippen LogP contribution in [0.25, 0.3) is 11.0 Å². The Bertz CT molecular complexity index is 648. The maximum atomic E-state index is 4.67. The van der Waals surface area contributed by atoms with Crippen LogP contribution in [0.15, 0.2) is 29.3 Å². The lowest BCUT2D eigenvalue weighted by molar-refractivity contribution is 0.534. The van der Waals surface area contributed by atoms with Crippen LogP contribution in [0, 0.1) is 5.92 Å². The number of aromatic nitrogens is 2. The van der Waals surface area contributed by atoms with Crippen LogP contribution in [0.2, 0.25) is 0 Å². The number of hydrogen-bond acceptors (Lipinski definition) is 2. The zero-order valence-corrected chi connectivity index (χ0v) is 17.5. The Balaban J connectivity index is 0.00000288. The van der Waals surface area contributed by atoms with E-state index in [0.29, 0.717) is 6.54 Å². The van der Waals surface area contributed by atoms with Crippen LogP contribution < -0.4 is 10.6 Å². The van der Waals surface area contributed by atoms with Gasteiger partial charge in [-0.2, -0.15) is 0 Å². The van der Waals surface area contributed by atoms with Crippen molar-refractivity contribution in [2.24, 2.45) is 18.0 Å². The van der Waals surface area contributed by atoms with E-state index < -0.39 is 0 Å². The van der Waals surface area contributed by atoms with Crippen LogP contribution in [0.3, 0.4) is 0 Å². The molecule has 1 aromatic heterocycles. The van der Waals surface area contributed by atoms with Crippen molar-refractivity contribution in [2.45, 2.75) is 39.7 Å². The summed E-state index contributed by atoms with van der Waals surface area (Å²) in [5.41, 5.74) is 2.18. The lowest BCUT2D eigenvalue weighted by Crippen LogP contribution is -2.37.